The van der Waals surface area contributed by atoms with Crippen LogP contribution in [0.3, 0.4) is 0 Å². The van der Waals surface area contributed by atoms with E-state index in [1.54, 1.807) is 0 Å². The highest BCUT2D eigenvalue weighted by Crippen LogP contribution is 2.36. The third-order valence-electron chi connectivity index (χ3n) is 1.48. The second-order valence-electron chi connectivity index (χ2n) is 2.34. The van der Waals surface area contributed by atoms with Gasteiger partial charge in [-0.2, -0.15) is 13.2 Å². The molecule has 0 aromatic heterocycles. The van der Waals surface area contributed by atoms with E-state index in [0.29, 0.717) is 0 Å². The zero-order chi connectivity index (χ0) is 10.1. The van der Waals surface area contributed by atoms with E-state index in [4.69, 9.17) is 0 Å². The van der Waals surface area contributed by atoms with Crippen molar-refractivity contribution in [3.05, 3.63) is 28.2 Å². The van der Waals surface area contributed by atoms with Crippen LogP contribution < -0.4 is 0 Å². The van der Waals surface area contributed by atoms with E-state index >= 15 is 0 Å². The van der Waals surface area contributed by atoms with Crippen LogP contribution in [0.5, 0.6) is 0 Å². The highest BCUT2D eigenvalue weighted by molar-refractivity contribution is 9.10. The highest BCUT2D eigenvalue weighted by atomic mass is 79.9. The second-order valence-corrected chi connectivity index (χ2v) is 4.08. The van der Waals surface area contributed by atoms with Crippen molar-refractivity contribution in [2.45, 2.75) is 11.1 Å². The molecule has 0 amide bonds. The van der Waals surface area contributed by atoms with Crippen LogP contribution in [-0.4, -0.2) is 6.26 Å². The molecule has 0 fully saturated rings. The standard InChI is InChI=1S/C8H6BrF3S/c1-13-5-2-3-6(7(9)4-5)8(10,11)12/h2-4H,1H3. The maximum absolute atomic E-state index is 12.2. The van der Waals surface area contributed by atoms with Gasteiger partial charge in [-0.15, -0.1) is 11.8 Å². The molecule has 1 aromatic carbocycles. The lowest BCUT2D eigenvalue weighted by Gasteiger charge is -2.09. The molecule has 0 spiro atoms. The van der Waals surface area contributed by atoms with Crippen molar-refractivity contribution in [1.82, 2.24) is 0 Å². The Labute approximate surface area is 86.6 Å². The number of thioether (sulfide) groups is 1. The van der Waals surface area contributed by atoms with Crippen LogP contribution in [-0.2, 0) is 6.18 Å². The number of alkyl halides is 3. The van der Waals surface area contributed by atoms with Crippen LogP contribution in [0, 0.1) is 0 Å². The number of rotatable bonds is 1. The Balaban J connectivity index is 3.13. The van der Waals surface area contributed by atoms with Gasteiger partial charge in [0.15, 0.2) is 0 Å². The third-order valence-corrected chi connectivity index (χ3v) is 2.86. The first-order chi connectivity index (χ1) is 5.95. The molecule has 0 saturated heterocycles. The molecular weight excluding hydrogens is 265 g/mol. The highest BCUT2D eigenvalue weighted by Gasteiger charge is 2.32. The molecule has 0 heterocycles. The van der Waals surface area contributed by atoms with E-state index in [0.717, 1.165) is 11.0 Å². The molecule has 1 rings (SSSR count). The van der Waals surface area contributed by atoms with E-state index in [1.165, 1.54) is 23.9 Å². The lowest BCUT2D eigenvalue weighted by Crippen LogP contribution is -2.05. The summed E-state index contributed by atoms with van der Waals surface area (Å²) >= 11 is 4.30. The van der Waals surface area contributed by atoms with Gasteiger partial charge in [-0.3, -0.25) is 0 Å². The molecule has 0 radical (unpaired) electrons. The second kappa shape index (κ2) is 3.92. The minimum atomic E-state index is -4.28. The number of halogens is 4. The van der Waals surface area contributed by atoms with E-state index in [9.17, 15) is 13.2 Å². The summed E-state index contributed by atoms with van der Waals surface area (Å²) in [6, 6.07) is 4.00. The van der Waals surface area contributed by atoms with Crippen LogP contribution in [0.15, 0.2) is 27.6 Å². The fourth-order valence-corrected chi connectivity index (χ4v) is 2.05. The van der Waals surface area contributed by atoms with Gasteiger partial charge in [0.25, 0.3) is 0 Å². The summed E-state index contributed by atoms with van der Waals surface area (Å²) in [5, 5.41) is 0. The van der Waals surface area contributed by atoms with Crippen molar-refractivity contribution in [3.8, 4) is 0 Å². The zero-order valence-electron chi connectivity index (χ0n) is 6.65. The van der Waals surface area contributed by atoms with E-state index in [1.807, 2.05) is 6.26 Å². The smallest absolute Gasteiger partial charge is 0.166 e. The first kappa shape index (κ1) is 10.9. The topological polar surface area (TPSA) is 0 Å². The Morgan fingerprint density at radius 1 is 1.31 bits per heavy atom. The van der Waals surface area contributed by atoms with E-state index < -0.39 is 11.7 Å². The van der Waals surface area contributed by atoms with Gasteiger partial charge in [0, 0.05) is 9.37 Å². The fourth-order valence-electron chi connectivity index (χ4n) is 0.853. The van der Waals surface area contributed by atoms with Gasteiger partial charge in [-0.25, -0.2) is 0 Å². The summed E-state index contributed by atoms with van der Waals surface area (Å²) in [6.45, 7) is 0. The third kappa shape index (κ3) is 2.64. The number of benzene rings is 1. The van der Waals surface area contributed by atoms with Crippen molar-refractivity contribution in [2.75, 3.05) is 6.26 Å². The first-order valence-corrected chi connectivity index (χ1v) is 5.37. The van der Waals surface area contributed by atoms with Gasteiger partial charge < -0.3 is 0 Å². The number of hydrogen-bond acceptors (Lipinski definition) is 1. The molecule has 0 aliphatic carbocycles. The van der Waals surface area contributed by atoms with Gasteiger partial charge in [0.2, 0.25) is 0 Å². The molecule has 13 heavy (non-hydrogen) atoms. The average molecular weight is 271 g/mol. The monoisotopic (exact) mass is 270 g/mol. The summed E-state index contributed by atoms with van der Waals surface area (Å²) in [4.78, 5) is 0.805. The van der Waals surface area contributed by atoms with Gasteiger partial charge in [0.05, 0.1) is 5.56 Å². The summed E-state index contributed by atoms with van der Waals surface area (Å²) in [6.07, 6.45) is -2.47. The molecule has 0 nitrogen and oxygen atoms in total. The SMILES string of the molecule is CSc1ccc(C(F)(F)F)c(Br)c1. The van der Waals surface area contributed by atoms with Gasteiger partial charge >= 0.3 is 6.18 Å². The van der Waals surface area contributed by atoms with E-state index in [2.05, 4.69) is 15.9 Å². The summed E-state index contributed by atoms with van der Waals surface area (Å²) in [5.74, 6) is 0. The molecule has 0 saturated carbocycles. The minimum absolute atomic E-state index is 0.0897. The summed E-state index contributed by atoms with van der Waals surface area (Å²) < 4.78 is 36.8. The average Bonchev–Trinajstić information content (AvgIpc) is 2.01. The Bertz CT molecular complexity index is 309. The van der Waals surface area contributed by atoms with Gasteiger partial charge in [-0.1, -0.05) is 15.9 Å². The predicted octanol–water partition coefficient (Wildman–Crippen LogP) is 4.19. The van der Waals surface area contributed by atoms with Crippen molar-refractivity contribution in [3.63, 3.8) is 0 Å². The van der Waals surface area contributed by atoms with Crippen molar-refractivity contribution >= 4 is 27.7 Å². The lowest BCUT2D eigenvalue weighted by atomic mass is 10.2. The molecule has 72 valence electrons. The van der Waals surface area contributed by atoms with Crippen LogP contribution in [0.4, 0.5) is 13.2 Å². The fraction of sp³-hybridized carbons (Fsp3) is 0.250. The van der Waals surface area contributed by atoms with Gasteiger partial charge in [0.1, 0.15) is 0 Å². The minimum Gasteiger partial charge on any atom is -0.166 e. The Morgan fingerprint density at radius 2 is 1.92 bits per heavy atom. The maximum atomic E-state index is 12.2. The molecule has 0 N–H and O–H groups in total. The van der Waals surface area contributed by atoms with Gasteiger partial charge in [-0.05, 0) is 24.5 Å². The first-order valence-electron chi connectivity index (χ1n) is 3.36. The summed E-state index contributed by atoms with van der Waals surface area (Å²) in [7, 11) is 0. The summed E-state index contributed by atoms with van der Waals surface area (Å²) in [5.41, 5.74) is -0.634. The van der Waals surface area contributed by atoms with Crippen LogP contribution in [0.1, 0.15) is 5.56 Å². The van der Waals surface area contributed by atoms with Crippen molar-refractivity contribution in [1.29, 1.82) is 0 Å². The lowest BCUT2D eigenvalue weighted by molar-refractivity contribution is -0.138. The van der Waals surface area contributed by atoms with Crippen molar-refractivity contribution < 1.29 is 13.2 Å². The van der Waals surface area contributed by atoms with Crippen LogP contribution in [0.25, 0.3) is 0 Å². The Kier molecular flexibility index (Phi) is 3.29. The van der Waals surface area contributed by atoms with Crippen LogP contribution in [0.2, 0.25) is 0 Å². The molecule has 0 aliphatic heterocycles. The Morgan fingerprint density at radius 3 is 2.31 bits per heavy atom. The van der Waals surface area contributed by atoms with E-state index in [-0.39, 0.29) is 4.47 Å². The number of hydrogen-bond donors (Lipinski definition) is 0. The molecule has 0 atom stereocenters. The van der Waals surface area contributed by atoms with Crippen molar-refractivity contribution in [2.24, 2.45) is 0 Å². The Hall–Kier alpha value is -0.160. The largest absolute Gasteiger partial charge is 0.417 e. The molecule has 0 aliphatic rings. The molecule has 5 heteroatoms. The maximum Gasteiger partial charge on any atom is 0.417 e. The predicted molar refractivity (Wildman–Crippen MR) is 50.9 cm³/mol. The zero-order valence-corrected chi connectivity index (χ0v) is 9.05. The molecule has 0 unspecified atom stereocenters. The normalized spacial score (nSPS) is 11.8. The molecule has 1 aromatic rings. The quantitative estimate of drug-likeness (QED) is 0.690. The van der Waals surface area contributed by atoms with Crippen LogP contribution >= 0.6 is 27.7 Å². The molecule has 0 bridgehead atoms. The molecular formula is C8H6BrF3S.